The van der Waals surface area contributed by atoms with Crippen molar-refractivity contribution in [1.82, 2.24) is 9.97 Å². The van der Waals surface area contributed by atoms with Crippen LogP contribution in [0.25, 0.3) is 86.7 Å². The average molecular weight is 591 g/mol. The molecular weight excluding hydrogens is 565 g/mol. The van der Waals surface area contributed by atoms with E-state index in [1.165, 1.54) is 42.4 Å². The van der Waals surface area contributed by atoms with Crippen molar-refractivity contribution in [2.75, 3.05) is 0 Å². The van der Waals surface area contributed by atoms with Crippen LogP contribution in [0, 0.1) is 0 Å². The van der Waals surface area contributed by atoms with Crippen molar-refractivity contribution in [3.05, 3.63) is 158 Å². The third-order valence-electron chi connectivity index (χ3n) is 8.68. The maximum atomic E-state index is 5.18. The SMILES string of the molecule is c1ccc(-c2cccc(-c3ccc4ccc5ccc(-c6ccc(-c7ccc8sc9ccccc9c8c7)cc6)nc5c4n3)c2)cc1. The van der Waals surface area contributed by atoms with Crippen molar-refractivity contribution in [3.8, 4) is 44.8 Å². The number of hydrogen-bond donors (Lipinski definition) is 0. The highest BCUT2D eigenvalue weighted by Gasteiger charge is 2.11. The standard InChI is InChI=1S/C42H26N2S/c1-2-7-27(8-3-1)32-9-6-10-34(25-32)38-23-20-31-18-17-30-19-22-37(43-41(30)42(31)44-38)29-15-13-28(14-16-29)33-21-24-40-36(26-33)35-11-4-5-12-39(35)45-40/h1-26H. The van der Waals surface area contributed by atoms with Crippen LogP contribution in [0.15, 0.2) is 158 Å². The van der Waals surface area contributed by atoms with E-state index >= 15 is 0 Å². The second-order valence-electron chi connectivity index (χ2n) is 11.4. The van der Waals surface area contributed by atoms with Crippen molar-refractivity contribution in [1.29, 1.82) is 0 Å². The third kappa shape index (κ3) is 4.57. The Hall–Kier alpha value is -5.64. The Morgan fingerprint density at radius 2 is 0.867 bits per heavy atom. The lowest BCUT2D eigenvalue weighted by molar-refractivity contribution is 1.36. The summed E-state index contributed by atoms with van der Waals surface area (Å²) < 4.78 is 2.65. The fourth-order valence-corrected chi connectivity index (χ4v) is 7.40. The van der Waals surface area contributed by atoms with Gasteiger partial charge in [0.2, 0.25) is 0 Å². The highest BCUT2D eigenvalue weighted by Crippen LogP contribution is 2.37. The normalized spacial score (nSPS) is 11.6. The van der Waals surface area contributed by atoms with Gasteiger partial charge in [0.25, 0.3) is 0 Å². The molecule has 0 saturated carbocycles. The largest absolute Gasteiger partial charge is 0.245 e. The van der Waals surface area contributed by atoms with Gasteiger partial charge < -0.3 is 0 Å². The van der Waals surface area contributed by atoms with Gasteiger partial charge in [0, 0.05) is 42.1 Å². The predicted molar refractivity (Wildman–Crippen MR) is 192 cm³/mol. The molecule has 0 atom stereocenters. The van der Waals surface area contributed by atoms with Crippen LogP contribution in [0.5, 0.6) is 0 Å². The Balaban J connectivity index is 1.09. The molecule has 3 aromatic heterocycles. The Morgan fingerprint density at radius 3 is 1.64 bits per heavy atom. The molecule has 0 spiro atoms. The second kappa shape index (κ2) is 10.5. The van der Waals surface area contributed by atoms with Gasteiger partial charge in [-0.25, -0.2) is 9.97 Å². The van der Waals surface area contributed by atoms with Gasteiger partial charge in [0.15, 0.2) is 0 Å². The van der Waals surface area contributed by atoms with E-state index in [0.29, 0.717) is 0 Å². The summed E-state index contributed by atoms with van der Waals surface area (Å²) >= 11 is 1.85. The van der Waals surface area contributed by atoms with Crippen molar-refractivity contribution >= 4 is 53.3 Å². The minimum absolute atomic E-state index is 0.921. The second-order valence-corrected chi connectivity index (χ2v) is 12.5. The highest BCUT2D eigenvalue weighted by atomic mass is 32.1. The number of aromatic nitrogens is 2. The molecule has 2 nitrogen and oxygen atoms in total. The van der Waals surface area contributed by atoms with Gasteiger partial charge in [-0.15, -0.1) is 11.3 Å². The van der Waals surface area contributed by atoms with Crippen LogP contribution < -0.4 is 0 Å². The molecule has 0 N–H and O–H groups in total. The van der Waals surface area contributed by atoms with Gasteiger partial charge in [-0.05, 0) is 58.7 Å². The average Bonchev–Trinajstić information content (AvgIpc) is 3.50. The van der Waals surface area contributed by atoms with Gasteiger partial charge >= 0.3 is 0 Å². The van der Waals surface area contributed by atoms with Crippen LogP contribution in [0.2, 0.25) is 0 Å². The van der Waals surface area contributed by atoms with E-state index in [1.807, 2.05) is 17.4 Å². The molecule has 0 bridgehead atoms. The Bertz CT molecular complexity index is 2530. The molecular formula is C42H26N2S. The topological polar surface area (TPSA) is 25.8 Å². The van der Waals surface area contributed by atoms with Crippen LogP contribution in [-0.2, 0) is 0 Å². The number of benzene rings is 6. The van der Waals surface area contributed by atoms with E-state index in [-0.39, 0.29) is 0 Å². The minimum Gasteiger partial charge on any atom is -0.245 e. The van der Waals surface area contributed by atoms with Crippen molar-refractivity contribution < 1.29 is 0 Å². The number of pyridine rings is 2. The summed E-state index contributed by atoms with van der Waals surface area (Å²) in [4.78, 5) is 10.4. The summed E-state index contributed by atoms with van der Waals surface area (Å²) in [6.45, 7) is 0. The monoisotopic (exact) mass is 590 g/mol. The third-order valence-corrected chi connectivity index (χ3v) is 9.83. The maximum Gasteiger partial charge on any atom is 0.0972 e. The first-order chi connectivity index (χ1) is 22.3. The molecule has 0 unspecified atom stereocenters. The van der Waals surface area contributed by atoms with Gasteiger partial charge in [0.1, 0.15) is 0 Å². The molecule has 0 amide bonds. The molecule has 0 aliphatic heterocycles. The molecule has 45 heavy (non-hydrogen) atoms. The molecule has 9 rings (SSSR count). The van der Waals surface area contributed by atoms with Crippen LogP contribution >= 0.6 is 11.3 Å². The molecule has 3 heterocycles. The van der Waals surface area contributed by atoms with Gasteiger partial charge in [0.05, 0.1) is 22.4 Å². The molecule has 210 valence electrons. The first kappa shape index (κ1) is 25.8. The summed E-state index contributed by atoms with van der Waals surface area (Å²) in [5, 5.41) is 4.81. The Kier molecular flexibility index (Phi) is 6.03. The summed E-state index contributed by atoms with van der Waals surface area (Å²) in [5.74, 6) is 0. The Morgan fingerprint density at radius 1 is 0.333 bits per heavy atom. The number of fused-ring (bicyclic) bond motifs is 6. The lowest BCUT2D eigenvalue weighted by Crippen LogP contribution is -1.91. The quantitative estimate of drug-likeness (QED) is 0.191. The van der Waals surface area contributed by atoms with Gasteiger partial charge in [-0.1, -0.05) is 121 Å². The Labute approximate surface area is 264 Å². The van der Waals surface area contributed by atoms with Crippen molar-refractivity contribution in [2.24, 2.45) is 0 Å². The van der Waals surface area contributed by atoms with E-state index in [2.05, 4.69) is 152 Å². The summed E-state index contributed by atoms with van der Waals surface area (Å²) in [6.07, 6.45) is 0. The fraction of sp³-hybridized carbons (Fsp3) is 0. The predicted octanol–water partition coefficient (Wildman–Crippen LogP) is 11.8. The van der Waals surface area contributed by atoms with E-state index in [0.717, 1.165) is 44.3 Å². The lowest BCUT2D eigenvalue weighted by atomic mass is 10.00. The maximum absolute atomic E-state index is 5.18. The van der Waals surface area contributed by atoms with Crippen molar-refractivity contribution in [2.45, 2.75) is 0 Å². The number of hydrogen-bond acceptors (Lipinski definition) is 3. The molecule has 0 aliphatic carbocycles. The molecule has 3 heteroatoms. The van der Waals surface area contributed by atoms with E-state index < -0.39 is 0 Å². The van der Waals surface area contributed by atoms with E-state index in [1.54, 1.807) is 0 Å². The van der Waals surface area contributed by atoms with E-state index in [4.69, 9.17) is 9.97 Å². The lowest BCUT2D eigenvalue weighted by Gasteiger charge is -2.10. The minimum atomic E-state index is 0.921. The van der Waals surface area contributed by atoms with Crippen LogP contribution in [0.3, 0.4) is 0 Å². The van der Waals surface area contributed by atoms with Gasteiger partial charge in [-0.3, -0.25) is 0 Å². The number of rotatable bonds is 4. The summed E-state index contributed by atoms with van der Waals surface area (Å²) in [6, 6.07) is 56.1. The zero-order valence-electron chi connectivity index (χ0n) is 24.3. The molecule has 6 aromatic carbocycles. The first-order valence-electron chi connectivity index (χ1n) is 15.2. The van der Waals surface area contributed by atoms with Crippen LogP contribution in [0.1, 0.15) is 0 Å². The molecule has 0 fully saturated rings. The molecule has 9 aromatic rings. The smallest absolute Gasteiger partial charge is 0.0972 e. The zero-order chi connectivity index (χ0) is 29.7. The number of nitrogens with zero attached hydrogens (tertiary/aromatic N) is 2. The van der Waals surface area contributed by atoms with Crippen molar-refractivity contribution in [3.63, 3.8) is 0 Å². The number of thiophene rings is 1. The first-order valence-corrected chi connectivity index (χ1v) is 16.0. The van der Waals surface area contributed by atoms with Gasteiger partial charge in [-0.2, -0.15) is 0 Å². The van der Waals surface area contributed by atoms with Crippen LogP contribution in [0.4, 0.5) is 0 Å². The molecule has 0 aliphatic rings. The zero-order valence-corrected chi connectivity index (χ0v) is 25.1. The molecule has 0 radical (unpaired) electrons. The summed E-state index contributed by atoms with van der Waals surface area (Å²) in [7, 11) is 0. The molecule has 0 saturated heterocycles. The van der Waals surface area contributed by atoms with E-state index in [9.17, 15) is 0 Å². The fourth-order valence-electron chi connectivity index (χ4n) is 6.32. The summed E-state index contributed by atoms with van der Waals surface area (Å²) in [5.41, 5.74) is 10.7. The highest BCUT2D eigenvalue weighted by molar-refractivity contribution is 7.25. The van der Waals surface area contributed by atoms with Crippen LogP contribution in [-0.4, -0.2) is 9.97 Å².